The molecule has 15 atom stereocenters. The Labute approximate surface area is 254 Å². The zero-order chi connectivity index (χ0) is 27.7. The number of rotatable bonds is 1. The van der Waals surface area contributed by atoms with Crippen molar-refractivity contribution in [2.24, 2.45) is 52.8 Å². The van der Waals surface area contributed by atoms with Gasteiger partial charge in [-0.3, -0.25) is 4.90 Å². The van der Waals surface area contributed by atoms with Crippen LogP contribution in [0.1, 0.15) is 84.5 Å². The third kappa shape index (κ3) is 3.41. The van der Waals surface area contributed by atoms with Crippen molar-refractivity contribution in [2.75, 3.05) is 18.0 Å². The van der Waals surface area contributed by atoms with E-state index in [9.17, 15) is 0 Å². The Balaban J connectivity index is 1.02. The lowest BCUT2D eigenvalue weighted by Gasteiger charge is -2.63. The average Bonchev–Trinajstić information content (AvgIpc) is 3.66. The molecular formula is C37H55N5. The monoisotopic (exact) mass is 569 g/mol. The van der Waals surface area contributed by atoms with Crippen LogP contribution in [0.25, 0.3) is 0 Å². The highest BCUT2D eigenvalue weighted by molar-refractivity contribution is 5.51. The van der Waals surface area contributed by atoms with E-state index in [1.165, 1.54) is 89.4 Å². The molecule has 0 aromatic heterocycles. The largest absolute Gasteiger partial charge is 0.365 e. The smallest absolute Gasteiger partial charge is 0.0647 e. The summed E-state index contributed by atoms with van der Waals surface area (Å²) in [6, 6.07) is 15.3. The molecule has 42 heavy (non-hydrogen) atoms. The number of hydrogen-bond acceptors (Lipinski definition) is 5. The van der Waals surface area contributed by atoms with Gasteiger partial charge in [-0.05, 0) is 136 Å². The van der Waals surface area contributed by atoms with Crippen molar-refractivity contribution in [1.82, 2.24) is 20.9 Å². The number of nitrogens with one attached hydrogen (secondary N) is 3. The van der Waals surface area contributed by atoms with E-state index in [1.807, 2.05) is 0 Å². The molecule has 0 amide bonds. The second kappa shape index (κ2) is 9.44. The number of anilines is 1. The van der Waals surface area contributed by atoms with Crippen molar-refractivity contribution in [1.29, 1.82) is 0 Å². The first-order chi connectivity index (χ1) is 20.6. The van der Waals surface area contributed by atoms with Crippen LogP contribution >= 0.6 is 0 Å². The number of hydrogen-bond donors (Lipinski definition) is 3. The molecule has 1 aromatic carbocycles. The molecule has 5 nitrogen and oxygen atoms in total. The Kier molecular flexibility index (Phi) is 5.87. The van der Waals surface area contributed by atoms with Crippen molar-refractivity contribution >= 4 is 5.69 Å². The van der Waals surface area contributed by atoms with E-state index in [-0.39, 0.29) is 0 Å². The molecular weight excluding hydrogens is 514 g/mol. The Bertz CT molecular complexity index is 1190. The van der Waals surface area contributed by atoms with Crippen LogP contribution in [0.3, 0.4) is 0 Å². The number of para-hydroxylation sites is 1. The molecule has 3 aliphatic carbocycles. The minimum atomic E-state index is 0.384. The van der Waals surface area contributed by atoms with Gasteiger partial charge in [0.05, 0.1) is 12.3 Å². The van der Waals surface area contributed by atoms with Gasteiger partial charge in [-0.2, -0.15) is 0 Å². The van der Waals surface area contributed by atoms with Gasteiger partial charge in [-0.1, -0.05) is 44.9 Å². The minimum Gasteiger partial charge on any atom is -0.365 e. The molecule has 3 saturated carbocycles. The van der Waals surface area contributed by atoms with E-state index >= 15 is 0 Å². The summed E-state index contributed by atoms with van der Waals surface area (Å²) in [7, 11) is 0. The maximum absolute atomic E-state index is 4.57. The highest BCUT2D eigenvalue weighted by Gasteiger charge is 2.70. The van der Waals surface area contributed by atoms with Crippen LogP contribution in [0.5, 0.6) is 0 Å². The van der Waals surface area contributed by atoms with E-state index < -0.39 is 0 Å². The standard InChI is InChI=1S/C37H55N5/c1-37(2)28-14-9-17-39-36(28)42-34-27(23-13-8-16-38-35(23)42)19-26-24-18-25-22-12-6-7-15-30(22)41(21-10-4-3-5-11-21)31(25)20-29(24)40-33(26)32(34)37/h3-5,10-11,22-36,38-40H,6-9,12-20H2,1-2H3. The Morgan fingerprint density at radius 3 is 2.33 bits per heavy atom. The third-order valence-electron chi connectivity index (χ3n) is 15.6. The Morgan fingerprint density at radius 1 is 0.690 bits per heavy atom. The fourth-order valence-electron chi connectivity index (χ4n) is 14.3. The molecule has 0 bridgehead atoms. The van der Waals surface area contributed by atoms with Gasteiger partial charge in [0.1, 0.15) is 0 Å². The van der Waals surface area contributed by atoms with Gasteiger partial charge in [-0.15, -0.1) is 0 Å². The lowest BCUT2D eigenvalue weighted by Crippen LogP contribution is -2.73. The number of nitrogens with zero attached hydrogens (tertiary/aromatic N) is 2. The molecule has 10 rings (SSSR count). The quantitative estimate of drug-likeness (QED) is 0.421. The summed E-state index contributed by atoms with van der Waals surface area (Å²) < 4.78 is 0. The first-order valence-electron chi connectivity index (χ1n) is 18.4. The van der Waals surface area contributed by atoms with Crippen LogP contribution in [0.15, 0.2) is 30.3 Å². The van der Waals surface area contributed by atoms with Gasteiger partial charge in [0.15, 0.2) is 0 Å². The summed E-state index contributed by atoms with van der Waals surface area (Å²) in [5, 5.41) is 12.8. The van der Waals surface area contributed by atoms with Gasteiger partial charge in [0.25, 0.3) is 0 Å². The summed E-state index contributed by atoms with van der Waals surface area (Å²) in [6.07, 6.45) is 17.0. The predicted octanol–water partition coefficient (Wildman–Crippen LogP) is 5.43. The topological polar surface area (TPSA) is 42.6 Å². The van der Waals surface area contributed by atoms with Crippen molar-refractivity contribution < 1.29 is 0 Å². The zero-order valence-electron chi connectivity index (χ0n) is 26.1. The molecule has 6 heterocycles. The van der Waals surface area contributed by atoms with Gasteiger partial charge < -0.3 is 20.9 Å². The highest BCUT2D eigenvalue weighted by Crippen LogP contribution is 2.65. The van der Waals surface area contributed by atoms with E-state index in [0.717, 1.165) is 71.5 Å². The van der Waals surface area contributed by atoms with Gasteiger partial charge >= 0.3 is 0 Å². The molecule has 9 fully saturated rings. The fourth-order valence-corrected chi connectivity index (χ4v) is 14.3. The molecule has 5 heteroatoms. The molecule has 0 spiro atoms. The molecule has 9 aliphatic rings. The second-order valence-electron chi connectivity index (χ2n) is 17.1. The lowest BCUT2D eigenvalue weighted by molar-refractivity contribution is -0.148. The number of piperidine rings is 3. The molecule has 3 N–H and O–H groups in total. The summed E-state index contributed by atoms with van der Waals surface area (Å²) >= 11 is 0. The van der Waals surface area contributed by atoms with Crippen LogP contribution in [0.4, 0.5) is 5.69 Å². The van der Waals surface area contributed by atoms with Gasteiger partial charge in [-0.25, -0.2) is 0 Å². The second-order valence-corrected chi connectivity index (χ2v) is 17.1. The number of benzene rings is 1. The molecule has 6 saturated heterocycles. The van der Waals surface area contributed by atoms with Crippen LogP contribution in [0.2, 0.25) is 0 Å². The van der Waals surface area contributed by atoms with Crippen molar-refractivity contribution in [3.8, 4) is 0 Å². The highest BCUT2D eigenvalue weighted by atomic mass is 15.4. The maximum atomic E-state index is 4.57. The van der Waals surface area contributed by atoms with Crippen molar-refractivity contribution in [2.45, 2.75) is 127 Å². The molecule has 6 aliphatic heterocycles. The minimum absolute atomic E-state index is 0.384. The fraction of sp³-hybridized carbons (Fsp3) is 0.838. The van der Waals surface area contributed by atoms with Gasteiger partial charge in [0, 0.05) is 35.9 Å². The van der Waals surface area contributed by atoms with Crippen molar-refractivity contribution in [3.05, 3.63) is 30.3 Å². The van der Waals surface area contributed by atoms with E-state index in [2.05, 4.69) is 69.9 Å². The van der Waals surface area contributed by atoms with Crippen LogP contribution in [-0.4, -0.2) is 60.5 Å². The van der Waals surface area contributed by atoms with E-state index in [4.69, 9.17) is 0 Å². The lowest BCUT2D eigenvalue weighted by atomic mass is 9.51. The Morgan fingerprint density at radius 2 is 1.45 bits per heavy atom. The first-order valence-corrected chi connectivity index (χ1v) is 18.4. The van der Waals surface area contributed by atoms with E-state index in [1.54, 1.807) is 0 Å². The summed E-state index contributed by atoms with van der Waals surface area (Å²) in [5.41, 5.74) is 1.90. The predicted molar refractivity (Wildman–Crippen MR) is 169 cm³/mol. The van der Waals surface area contributed by atoms with E-state index in [0.29, 0.717) is 23.8 Å². The summed E-state index contributed by atoms with van der Waals surface area (Å²) in [6.45, 7) is 7.87. The van der Waals surface area contributed by atoms with Crippen LogP contribution in [-0.2, 0) is 0 Å². The average molecular weight is 570 g/mol. The summed E-state index contributed by atoms with van der Waals surface area (Å²) in [4.78, 5) is 6.07. The molecule has 0 radical (unpaired) electrons. The van der Waals surface area contributed by atoms with Crippen LogP contribution in [0, 0.1) is 52.8 Å². The molecule has 1 aromatic rings. The first kappa shape index (κ1) is 26.1. The third-order valence-corrected chi connectivity index (χ3v) is 15.6. The zero-order valence-corrected chi connectivity index (χ0v) is 26.1. The Hall–Kier alpha value is -1.14. The van der Waals surface area contributed by atoms with Crippen molar-refractivity contribution in [3.63, 3.8) is 0 Å². The normalized spacial score (nSPS) is 53.7. The number of fused-ring (bicyclic) bond motifs is 12. The SMILES string of the molecule is CC1(C)C2CCCNC2N2C3NCCCC3C3CC4C5CC6C7CCCCC7N(c7ccccc7)C6CC5NC4C1C32. The van der Waals surface area contributed by atoms with Gasteiger partial charge in [0.2, 0.25) is 0 Å². The molecule has 15 unspecified atom stereocenters. The van der Waals surface area contributed by atoms with Crippen LogP contribution < -0.4 is 20.9 Å². The summed E-state index contributed by atoms with van der Waals surface area (Å²) in [5.74, 6) is 6.94. The molecule has 228 valence electrons. The maximum Gasteiger partial charge on any atom is 0.0647 e.